The van der Waals surface area contributed by atoms with Crippen LogP contribution in [0.1, 0.15) is 83.4 Å². The maximum absolute atomic E-state index is 6.16. The molecule has 3 aromatic heterocycles. The van der Waals surface area contributed by atoms with Crippen molar-refractivity contribution in [1.82, 2.24) is 9.97 Å². The summed E-state index contributed by atoms with van der Waals surface area (Å²) < 4.78 is 7.70. The zero-order chi connectivity index (χ0) is 35.5. The van der Waals surface area contributed by atoms with Crippen LogP contribution in [0.4, 0.5) is 0 Å². The Labute approximate surface area is 322 Å². The van der Waals surface area contributed by atoms with Crippen LogP contribution in [-0.4, -0.2) is 23.2 Å². The first-order valence-corrected chi connectivity index (χ1v) is 26.0. The third-order valence-corrected chi connectivity index (χ3v) is 14.4. The first-order chi connectivity index (χ1) is 23.9. The van der Waals surface area contributed by atoms with Crippen molar-refractivity contribution in [2.75, 3.05) is 0 Å². The molecule has 269 valence electrons. The van der Waals surface area contributed by atoms with Gasteiger partial charge >= 0.3 is 151 Å². The Bertz CT molecular complexity index is 2060. The first kappa shape index (κ1) is 39.2. The molecule has 6 aromatic rings. The van der Waals surface area contributed by atoms with Crippen LogP contribution in [0.15, 0.2) is 89.6 Å². The van der Waals surface area contributed by atoms with E-state index < -0.39 is 13.3 Å². The molecule has 5 heteroatoms. The van der Waals surface area contributed by atoms with Gasteiger partial charge in [0.2, 0.25) is 0 Å². The van der Waals surface area contributed by atoms with Crippen LogP contribution in [-0.2, 0) is 38.4 Å². The van der Waals surface area contributed by atoms with Gasteiger partial charge in [-0.05, 0) is 30.2 Å². The van der Waals surface area contributed by atoms with Gasteiger partial charge in [-0.2, -0.15) is 0 Å². The smallest absolute Gasteiger partial charge is 0.120 e. The molecule has 3 nitrogen and oxygen atoms in total. The number of hydrogen-bond donors (Lipinski definition) is 0. The fourth-order valence-corrected chi connectivity index (χ4v) is 10.7. The Morgan fingerprint density at radius 3 is 2.31 bits per heavy atom. The quantitative estimate of drug-likeness (QED) is 0.118. The van der Waals surface area contributed by atoms with Crippen molar-refractivity contribution in [2.45, 2.75) is 102 Å². The predicted octanol–water partition coefficient (Wildman–Crippen LogP) is 12.2. The summed E-state index contributed by atoms with van der Waals surface area (Å²) >= 11 is -1.91. The van der Waals surface area contributed by atoms with Crippen molar-refractivity contribution in [2.24, 2.45) is 11.8 Å². The van der Waals surface area contributed by atoms with E-state index in [0.29, 0.717) is 5.92 Å². The molecule has 0 aliphatic heterocycles. The fourth-order valence-electron chi connectivity index (χ4n) is 7.35. The summed E-state index contributed by atoms with van der Waals surface area (Å²) in [6, 6.07) is 32.2. The molecule has 0 saturated heterocycles. The first-order valence-electron chi connectivity index (χ1n) is 18.7. The second-order valence-electron chi connectivity index (χ2n) is 16.8. The molecule has 0 amide bonds. The van der Waals surface area contributed by atoms with E-state index in [2.05, 4.69) is 124 Å². The molecule has 0 spiro atoms. The van der Waals surface area contributed by atoms with Gasteiger partial charge in [0.25, 0.3) is 0 Å². The predicted molar refractivity (Wildman–Crippen MR) is 215 cm³/mol. The van der Waals surface area contributed by atoms with Crippen molar-refractivity contribution >= 4 is 39.6 Å². The van der Waals surface area contributed by atoms with Crippen LogP contribution in [0.2, 0.25) is 17.3 Å². The van der Waals surface area contributed by atoms with Crippen molar-refractivity contribution in [3.63, 3.8) is 0 Å². The summed E-state index contributed by atoms with van der Waals surface area (Å²) in [5.74, 6) is 8.84. The summed E-state index contributed by atoms with van der Waals surface area (Å²) in [5.41, 5.74) is 10.3. The maximum atomic E-state index is 6.16. The Morgan fingerprint density at radius 2 is 1.59 bits per heavy atom. The second-order valence-corrected chi connectivity index (χ2v) is 27.3. The van der Waals surface area contributed by atoms with Gasteiger partial charge in [0.15, 0.2) is 0 Å². The van der Waals surface area contributed by atoms with Gasteiger partial charge in [-0.15, -0.1) is 18.2 Å². The molecule has 3 aromatic carbocycles. The number of nitrogens with zero attached hydrogens (tertiary/aromatic N) is 2. The normalized spacial score (nSPS) is 14.0. The number of para-hydroxylation sites is 1. The fraction of sp³-hybridized carbons (Fsp3) is 0.391. The average Bonchev–Trinajstić information content (AvgIpc) is 3.47. The van der Waals surface area contributed by atoms with Gasteiger partial charge in [-0.3, -0.25) is 0 Å². The Kier molecular flexibility index (Phi) is 12.9. The molecule has 1 fully saturated rings. The molecule has 3 heterocycles. The molecule has 1 radical (unpaired) electrons. The maximum Gasteiger partial charge on any atom is 0.120 e. The SMILES string of the molecule is CC(C)Cc1cc(-c2[c-]ccc(C(C)(C)C)c2)nc[c]1[Ge]([CH3])([CH3])[CH3].[Ir].[c-]1ccc2c(oc3ccccc32)c1-c1cc(CC2CCCCC2)ccn1. The van der Waals surface area contributed by atoms with Crippen molar-refractivity contribution in [3.05, 3.63) is 114 Å². The molecule has 0 atom stereocenters. The van der Waals surface area contributed by atoms with Gasteiger partial charge in [0, 0.05) is 31.7 Å². The van der Waals surface area contributed by atoms with Crippen LogP contribution in [0, 0.1) is 24.0 Å². The molecule has 51 heavy (non-hydrogen) atoms. The molecule has 1 saturated carbocycles. The number of furan rings is 1. The minimum absolute atomic E-state index is 0. The van der Waals surface area contributed by atoms with Crippen LogP contribution in [0.5, 0.6) is 0 Å². The third-order valence-electron chi connectivity index (χ3n) is 10.0. The van der Waals surface area contributed by atoms with Crippen LogP contribution >= 0.6 is 0 Å². The van der Waals surface area contributed by atoms with Gasteiger partial charge in [-0.25, -0.2) is 0 Å². The van der Waals surface area contributed by atoms with E-state index >= 15 is 0 Å². The molecule has 7 rings (SSSR count). The van der Waals surface area contributed by atoms with Gasteiger partial charge in [0.05, 0.1) is 5.58 Å². The molecule has 0 bridgehead atoms. The number of rotatable bonds is 7. The van der Waals surface area contributed by atoms with Crippen LogP contribution in [0.3, 0.4) is 0 Å². The largest absolute Gasteiger partial charge is 0.501 e. The molecular formula is C46H54GeIrN2O-2. The number of fused-ring (bicyclic) bond motifs is 3. The summed E-state index contributed by atoms with van der Waals surface area (Å²) in [6.45, 7) is 11.3. The number of hydrogen-bond acceptors (Lipinski definition) is 3. The van der Waals surface area contributed by atoms with Crippen molar-refractivity contribution in [3.8, 4) is 22.5 Å². The minimum atomic E-state index is -1.91. The molecule has 1 aliphatic carbocycles. The number of aromatic nitrogens is 2. The second kappa shape index (κ2) is 16.7. The Morgan fingerprint density at radius 1 is 0.843 bits per heavy atom. The summed E-state index contributed by atoms with van der Waals surface area (Å²) in [5, 5.41) is 2.28. The standard InChI is InChI=1S/C24H22NO.C22H32GeN.Ir/c1-2-7-17(8-3-1)15-18-13-14-25-22(16-18)21-11-6-10-20-19-9-4-5-12-23(19)26-24(20)21;1-16(2)12-18-14-21(24-15-20(18)23(6,7)8)17-10-9-11-19(13-17)22(3,4)5;/h4-6,9-10,12-14,16-17H,1-3,7-8,15H2;9,11,13-16H,12H2,1-8H3;/q2*-1;. The zero-order valence-corrected chi connectivity index (χ0v) is 36.3. The molecular weight excluding hydrogens is 861 g/mol. The molecule has 0 unspecified atom stereocenters. The van der Waals surface area contributed by atoms with E-state index in [9.17, 15) is 0 Å². The van der Waals surface area contributed by atoms with E-state index in [0.717, 1.165) is 63.2 Å². The Balaban J connectivity index is 0.000000195. The van der Waals surface area contributed by atoms with E-state index in [1.807, 2.05) is 30.5 Å². The minimum Gasteiger partial charge on any atom is -0.501 e. The summed E-state index contributed by atoms with van der Waals surface area (Å²) in [6.07, 6.45) is 13.3. The van der Waals surface area contributed by atoms with E-state index in [4.69, 9.17) is 9.40 Å². The molecule has 1 aliphatic rings. The number of pyridine rings is 2. The number of benzene rings is 3. The van der Waals surface area contributed by atoms with E-state index in [-0.39, 0.29) is 25.5 Å². The monoisotopic (exact) mass is 917 g/mol. The topological polar surface area (TPSA) is 38.9 Å². The van der Waals surface area contributed by atoms with Gasteiger partial charge in [-0.1, -0.05) is 72.9 Å². The van der Waals surface area contributed by atoms with Gasteiger partial charge < -0.3 is 9.40 Å². The van der Waals surface area contributed by atoms with E-state index in [1.54, 1.807) is 4.40 Å². The summed E-state index contributed by atoms with van der Waals surface area (Å²) in [7, 11) is 0. The van der Waals surface area contributed by atoms with E-state index in [1.165, 1.54) is 48.8 Å². The third kappa shape index (κ3) is 9.69. The molecule has 0 N–H and O–H groups in total. The van der Waals surface area contributed by atoms with Crippen molar-refractivity contribution in [1.29, 1.82) is 0 Å². The van der Waals surface area contributed by atoms with Crippen LogP contribution in [0.25, 0.3) is 44.5 Å². The average molecular weight is 916 g/mol. The van der Waals surface area contributed by atoms with Crippen LogP contribution < -0.4 is 4.40 Å². The summed E-state index contributed by atoms with van der Waals surface area (Å²) in [4.78, 5) is 9.45. The zero-order valence-electron chi connectivity index (χ0n) is 31.8. The Hall–Kier alpha value is -3.05. The van der Waals surface area contributed by atoms with Gasteiger partial charge in [0.1, 0.15) is 5.58 Å². The van der Waals surface area contributed by atoms with Crippen molar-refractivity contribution < 1.29 is 24.5 Å².